The summed E-state index contributed by atoms with van der Waals surface area (Å²) >= 11 is 0. The Balaban J connectivity index is 1.42. The van der Waals surface area contributed by atoms with Crippen molar-refractivity contribution < 1.29 is 13.9 Å². The van der Waals surface area contributed by atoms with Gasteiger partial charge >= 0.3 is 6.03 Å². The maximum Gasteiger partial charge on any atom is 0.318 e. The third-order valence-electron chi connectivity index (χ3n) is 5.07. The van der Waals surface area contributed by atoms with E-state index in [0.29, 0.717) is 44.7 Å². The van der Waals surface area contributed by atoms with Gasteiger partial charge < -0.3 is 19.5 Å². The zero-order chi connectivity index (χ0) is 18.1. The van der Waals surface area contributed by atoms with Gasteiger partial charge in [-0.3, -0.25) is 0 Å². The fraction of sp³-hybridized carbons (Fsp3) is 0.500. The van der Waals surface area contributed by atoms with E-state index in [2.05, 4.69) is 15.5 Å². The van der Waals surface area contributed by atoms with E-state index in [-0.39, 0.29) is 17.9 Å². The van der Waals surface area contributed by atoms with E-state index in [0.717, 1.165) is 23.6 Å². The van der Waals surface area contributed by atoms with Crippen molar-refractivity contribution in [2.45, 2.75) is 38.4 Å². The van der Waals surface area contributed by atoms with Gasteiger partial charge in [0.1, 0.15) is 11.6 Å². The molecule has 0 bridgehead atoms. The lowest BCUT2D eigenvalue weighted by Crippen LogP contribution is -2.39. The molecule has 1 aliphatic carbocycles. The van der Waals surface area contributed by atoms with Gasteiger partial charge in [-0.25, -0.2) is 9.18 Å². The van der Waals surface area contributed by atoms with Crippen LogP contribution in [0.4, 0.5) is 9.18 Å². The fourth-order valence-electron chi connectivity index (χ4n) is 3.66. The zero-order valence-electron chi connectivity index (χ0n) is 14.7. The van der Waals surface area contributed by atoms with E-state index in [1.807, 2.05) is 10.6 Å². The van der Waals surface area contributed by atoms with Gasteiger partial charge in [-0.15, -0.1) is 10.2 Å². The van der Waals surface area contributed by atoms with E-state index in [1.165, 1.54) is 6.07 Å². The van der Waals surface area contributed by atoms with Crippen LogP contribution in [0.25, 0.3) is 0 Å². The highest BCUT2D eigenvalue weighted by atomic mass is 19.1. The van der Waals surface area contributed by atoms with Crippen LogP contribution in [0.3, 0.4) is 0 Å². The monoisotopic (exact) mass is 359 g/mol. The first-order valence-corrected chi connectivity index (χ1v) is 8.91. The van der Waals surface area contributed by atoms with Crippen LogP contribution in [-0.2, 0) is 30.7 Å². The van der Waals surface area contributed by atoms with Crippen LogP contribution in [0, 0.1) is 5.82 Å². The maximum absolute atomic E-state index is 13.9. The lowest BCUT2D eigenvalue weighted by atomic mass is 10.1. The predicted molar refractivity (Wildman–Crippen MR) is 92.0 cm³/mol. The normalized spacial score (nSPS) is 18.8. The second-order valence-electron chi connectivity index (χ2n) is 6.75. The van der Waals surface area contributed by atoms with Crippen molar-refractivity contribution in [1.29, 1.82) is 0 Å². The highest BCUT2D eigenvalue weighted by Gasteiger charge is 2.27. The number of carbonyl (C=O) groups excluding carboxylic acids is 1. The smallest absolute Gasteiger partial charge is 0.318 e. The summed E-state index contributed by atoms with van der Waals surface area (Å²) in [5, 5.41) is 11.4. The highest BCUT2D eigenvalue weighted by molar-refractivity contribution is 5.74. The van der Waals surface area contributed by atoms with Crippen molar-refractivity contribution in [2.75, 3.05) is 20.3 Å². The number of hydrogen-bond acceptors (Lipinski definition) is 4. The molecular formula is C18H22FN5O2. The van der Waals surface area contributed by atoms with Crippen molar-refractivity contribution in [3.05, 3.63) is 46.8 Å². The van der Waals surface area contributed by atoms with Crippen LogP contribution in [0.2, 0.25) is 0 Å². The molecule has 0 saturated heterocycles. The molecule has 0 radical (unpaired) electrons. The van der Waals surface area contributed by atoms with Gasteiger partial charge in [-0.05, 0) is 30.0 Å². The van der Waals surface area contributed by atoms with E-state index < -0.39 is 0 Å². The van der Waals surface area contributed by atoms with E-state index >= 15 is 0 Å². The van der Waals surface area contributed by atoms with Crippen LogP contribution in [0.5, 0.6) is 0 Å². The lowest BCUT2D eigenvalue weighted by Gasteiger charge is -2.21. The lowest BCUT2D eigenvalue weighted by molar-refractivity contribution is 0.139. The van der Waals surface area contributed by atoms with E-state index in [9.17, 15) is 9.18 Å². The Morgan fingerprint density at radius 1 is 1.38 bits per heavy atom. The van der Waals surface area contributed by atoms with E-state index in [1.54, 1.807) is 18.0 Å². The molecule has 4 rings (SSSR count). The third kappa shape index (κ3) is 3.16. The van der Waals surface area contributed by atoms with E-state index in [4.69, 9.17) is 4.74 Å². The Kier molecular flexibility index (Phi) is 4.58. The number of nitrogens with zero attached hydrogens (tertiary/aromatic N) is 4. The van der Waals surface area contributed by atoms with Gasteiger partial charge in [0, 0.05) is 20.0 Å². The predicted octanol–water partition coefficient (Wildman–Crippen LogP) is 1.82. The number of rotatable bonds is 3. The van der Waals surface area contributed by atoms with Crippen molar-refractivity contribution in [3.63, 3.8) is 0 Å². The molecule has 26 heavy (non-hydrogen) atoms. The summed E-state index contributed by atoms with van der Waals surface area (Å²) < 4.78 is 21.3. The van der Waals surface area contributed by atoms with Crippen LogP contribution in [0.15, 0.2) is 18.2 Å². The van der Waals surface area contributed by atoms with Gasteiger partial charge in [0.25, 0.3) is 0 Å². The number of halogens is 1. The van der Waals surface area contributed by atoms with Gasteiger partial charge in [0.05, 0.1) is 25.8 Å². The Morgan fingerprint density at radius 2 is 2.27 bits per heavy atom. The molecule has 1 aliphatic heterocycles. The topological polar surface area (TPSA) is 72.3 Å². The Labute approximate surface area is 151 Å². The number of ether oxygens (including phenoxy) is 1. The average Bonchev–Trinajstić information content (AvgIpc) is 3.12. The second kappa shape index (κ2) is 7.03. The maximum atomic E-state index is 13.9. The molecule has 2 aromatic rings. The molecule has 1 aromatic heterocycles. The number of hydrogen-bond donors (Lipinski definition) is 1. The Hall–Kier alpha value is -2.48. The number of nitrogens with one attached hydrogen (secondary N) is 1. The third-order valence-corrected chi connectivity index (χ3v) is 5.07. The van der Waals surface area contributed by atoms with Gasteiger partial charge in [-0.1, -0.05) is 12.1 Å². The Morgan fingerprint density at radius 3 is 3.15 bits per heavy atom. The zero-order valence-corrected chi connectivity index (χ0v) is 14.7. The summed E-state index contributed by atoms with van der Waals surface area (Å²) in [6, 6.07) is 4.69. The number of aromatic nitrogens is 3. The molecule has 2 aliphatic rings. The second-order valence-corrected chi connectivity index (χ2v) is 6.75. The van der Waals surface area contributed by atoms with Gasteiger partial charge in [0.15, 0.2) is 5.82 Å². The molecule has 7 nitrogen and oxygen atoms in total. The van der Waals surface area contributed by atoms with Crippen molar-refractivity contribution in [3.8, 4) is 0 Å². The number of urea groups is 1. The van der Waals surface area contributed by atoms with Crippen molar-refractivity contribution in [1.82, 2.24) is 25.0 Å². The summed E-state index contributed by atoms with van der Waals surface area (Å²) in [6.07, 6.45) is 2.09. The quantitative estimate of drug-likeness (QED) is 0.907. The molecule has 0 fully saturated rings. The molecule has 1 atom stereocenters. The van der Waals surface area contributed by atoms with Crippen LogP contribution >= 0.6 is 0 Å². The minimum Gasteiger partial charge on any atom is -0.379 e. The summed E-state index contributed by atoms with van der Waals surface area (Å²) in [7, 11) is 1.73. The summed E-state index contributed by atoms with van der Waals surface area (Å²) in [6.45, 7) is 2.33. The molecule has 8 heteroatoms. The first-order valence-electron chi connectivity index (χ1n) is 8.91. The van der Waals surface area contributed by atoms with Crippen LogP contribution in [0.1, 0.15) is 35.2 Å². The molecule has 1 N–H and O–H groups in total. The molecule has 0 spiro atoms. The number of amides is 2. The van der Waals surface area contributed by atoms with Crippen LogP contribution in [-0.4, -0.2) is 46.0 Å². The molecule has 138 valence electrons. The molecule has 0 saturated carbocycles. The molecule has 2 amide bonds. The number of benzene rings is 1. The molecule has 1 unspecified atom stereocenters. The fourth-order valence-corrected chi connectivity index (χ4v) is 3.66. The first kappa shape index (κ1) is 17.0. The van der Waals surface area contributed by atoms with Gasteiger partial charge in [0.2, 0.25) is 0 Å². The molecule has 1 aromatic carbocycles. The SMILES string of the molecule is CN(Cc1nnc2n1CCOCC2)C(=O)NC1CCc2c(F)cccc21. The standard InChI is InChI=1S/C18H22FN5O2/c1-23(11-17-22-21-16-7-9-26-10-8-24(16)17)18(25)20-15-6-5-12-13(15)3-2-4-14(12)19/h2-4,15H,5-11H2,1H3,(H,20,25). The van der Waals surface area contributed by atoms with Crippen LogP contribution < -0.4 is 5.32 Å². The minimum atomic E-state index is -0.200. The summed E-state index contributed by atoms with van der Waals surface area (Å²) in [5.74, 6) is 1.45. The number of fused-ring (bicyclic) bond motifs is 2. The summed E-state index contributed by atoms with van der Waals surface area (Å²) in [4.78, 5) is 14.2. The highest BCUT2D eigenvalue weighted by Crippen LogP contribution is 2.32. The van der Waals surface area contributed by atoms with Crippen molar-refractivity contribution in [2.24, 2.45) is 0 Å². The average molecular weight is 359 g/mol. The summed E-state index contributed by atoms with van der Waals surface area (Å²) in [5.41, 5.74) is 1.59. The minimum absolute atomic E-state index is 0.153. The number of carbonyl (C=O) groups is 1. The molecule has 2 heterocycles. The first-order chi connectivity index (χ1) is 12.6. The molecular weight excluding hydrogens is 337 g/mol. The van der Waals surface area contributed by atoms with Crippen molar-refractivity contribution >= 4 is 6.03 Å². The largest absolute Gasteiger partial charge is 0.379 e. The Bertz CT molecular complexity index is 822. The van der Waals surface area contributed by atoms with Gasteiger partial charge in [-0.2, -0.15) is 0 Å².